The van der Waals surface area contributed by atoms with Crippen molar-refractivity contribution in [3.63, 3.8) is 0 Å². The molecule has 0 aliphatic heterocycles. The number of benzene rings is 2. The zero-order chi connectivity index (χ0) is 17.4. The van der Waals surface area contributed by atoms with E-state index in [1.807, 2.05) is 13.0 Å². The number of aryl methyl sites for hydroxylation is 1. The lowest BCUT2D eigenvalue weighted by Gasteiger charge is -2.21. The summed E-state index contributed by atoms with van der Waals surface area (Å²) in [7, 11) is -3.94. The standard InChI is InChI=1S/C17H18BrClO3S/c1-11-5-7-13(8-6-11)23(20,21)22-16-14(18)9-12(10-15(16)19)17(2,3)4/h5-10H,1-4H3. The summed E-state index contributed by atoms with van der Waals surface area (Å²) in [5, 5.41) is 0.250. The molecule has 0 atom stereocenters. The van der Waals surface area contributed by atoms with E-state index in [4.69, 9.17) is 15.8 Å². The molecule has 0 N–H and O–H groups in total. The summed E-state index contributed by atoms with van der Waals surface area (Å²) in [6.07, 6.45) is 0. The fraction of sp³-hybridized carbons (Fsp3) is 0.294. The van der Waals surface area contributed by atoms with Gasteiger partial charge in [0.1, 0.15) is 4.90 Å². The molecule has 3 nitrogen and oxygen atoms in total. The molecule has 0 heterocycles. The van der Waals surface area contributed by atoms with Crippen molar-refractivity contribution < 1.29 is 12.6 Å². The van der Waals surface area contributed by atoms with E-state index in [-0.39, 0.29) is 21.1 Å². The number of hydrogen-bond donors (Lipinski definition) is 0. The molecule has 0 aromatic heterocycles. The van der Waals surface area contributed by atoms with Gasteiger partial charge in [-0.3, -0.25) is 0 Å². The van der Waals surface area contributed by atoms with Gasteiger partial charge < -0.3 is 4.18 Å². The second-order valence-electron chi connectivity index (χ2n) is 6.37. The van der Waals surface area contributed by atoms with Gasteiger partial charge in [-0.1, -0.05) is 50.1 Å². The highest BCUT2D eigenvalue weighted by Gasteiger charge is 2.23. The van der Waals surface area contributed by atoms with Crippen LogP contribution in [0.3, 0.4) is 0 Å². The SMILES string of the molecule is Cc1ccc(S(=O)(=O)Oc2c(Cl)cc(C(C)(C)C)cc2Br)cc1. The van der Waals surface area contributed by atoms with Gasteiger partial charge in [-0.25, -0.2) is 0 Å². The van der Waals surface area contributed by atoms with Crippen LogP contribution in [0, 0.1) is 6.92 Å². The van der Waals surface area contributed by atoms with Gasteiger partial charge >= 0.3 is 10.1 Å². The molecule has 0 amide bonds. The van der Waals surface area contributed by atoms with Crippen LogP contribution < -0.4 is 4.18 Å². The summed E-state index contributed by atoms with van der Waals surface area (Å²) in [4.78, 5) is 0.0889. The average molecular weight is 418 g/mol. The highest BCUT2D eigenvalue weighted by molar-refractivity contribution is 9.10. The largest absolute Gasteiger partial charge is 0.376 e. The van der Waals surface area contributed by atoms with Crippen LogP contribution >= 0.6 is 27.5 Å². The minimum absolute atomic E-state index is 0.0889. The molecule has 0 aliphatic rings. The van der Waals surface area contributed by atoms with Crippen LogP contribution in [0.15, 0.2) is 45.8 Å². The first-order chi connectivity index (χ1) is 10.5. The molecule has 0 unspecified atom stereocenters. The van der Waals surface area contributed by atoms with Crippen LogP contribution in [0.25, 0.3) is 0 Å². The minimum atomic E-state index is -3.94. The van der Waals surface area contributed by atoms with Crippen molar-refractivity contribution in [2.24, 2.45) is 0 Å². The van der Waals surface area contributed by atoms with Crippen molar-refractivity contribution >= 4 is 37.6 Å². The molecule has 2 aromatic rings. The second-order valence-corrected chi connectivity index (χ2v) is 9.18. The molecule has 0 spiro atoms. The zero-order valence-electron chi connectivity index (χ0n) is 13.4. The number of hydrogen-bond acceptors (Lipinski definition) is 3. The molecule has 0 aliphatic carbocycles. The lowest BCUT2D eigenvalue weighted by molar-refractivity contribution is 0.484. The molecule has 2 aromatic carbocycles. The van der Waals surface area contributed by atoms with Gasteiger partial charge in [0.05, 0.1) is 9.50 Å². The Bertz CT molecular complexity index is 799. The maximum absolute atomic E-state index is 12.4. The summed E-state index contributed by atoms with van der Waals surface area (Å²) in [6.45, 7) is 8.04. The Labute approximate surface area is 150 Å². The fourth-order valence-electron chi connectivity index (χ4n) is 1.94. The van der Waals surface area contributed by atoms with E-state index in [0.717, 1.165) is 11.1 Å². The van der Waals surface area contributed by atoms with Gasteiger partial charge in [0.2, 0.25) is 0 Å². The Balaban J connectivity index is 2.42. The predicted molar refractivity (Wildman–Crippen MR) is 96.8 cm³/mol. The molecule has 0 bridgehead atoms. The topological polar surface area (TPSA) is 43.4 Å². The van der Waals surface area contributed by atoms with Crippen LogP contribution in [0.4, 0.5) is 0 Å². The Kier molecular flexibility index (Phi) is 5.14. The van der Waals surface area contributed by atoms with E-state index in [1.165, 1.54) is 12.1 Å². The second kappa shape index (κ2) is 6.46. The first-order valence-corrected chi connectivity index (χ1v) is 9.59. The van der Waals surface area contributed by atoms with Gasteiger partial charge in [-0.2, -0.15) is 8.42 Å². The van der Waals surface area contributed by atoms with Crippen LogP contribution in [-0.4, -0.2) is 8.42 Å². The Morgan fingerprint density at radius 2 is 1.65 bits per heavy atom. The van der Waals surface area contributed by atoms with Gasteiger partial charge in [-0.15, -0.1) is 0 Å². The fourth-order valence-corrected chi connectivity index (χ4v) is 3.97. The summed E-state index contributed by atoms with van der Waals surface area (Å²) in [6, 6.07) is 10.0. The number of rotatable bonds is 3. The molecule has 6 heteroatoms. The molecular weight excluding hydrogens is 400 g/mol. The monoisotopic (exact) mass is 416 g/mol. The molecule has 0 saturated heterocycles. The molecule has 0 fully saturated rings. The average Bonchev–Trinajstić information content (AvgIpc) is 2.42. The number of halogens is 2. The normalized spacial score (nSPS) is 12.3. The zero-order valence-corrected chi connectivity index (χ0v) is 16.5. The highest BCUT2D eigenvalue weighted by Crippen LogP contribution is 2.39. The van der Waals surface area contributed by atoms with Gasteiger partial charge in [0.15, 0.2) is 5.75 Å². The van der Waals surface area contributed by atoms with E-state index in [2.05, 4.69) is 36.7 Å². The van der Waals surface area contributed by atoms with Gasteiger partial charge in [-0.05, 0) is 58.1 Å². The third kappa shape index (κ3) is 4.28. The Hall–Kier alpha value is -1.04. The maximum atomic E-state index is 12.4. The van der Waals surface area contributed by atoms with Crippen LogP contribution in [0.5, 0.6) is 5.75 Å². The molecule has 0 radical (unpaired) electrons. The molecule has 124 valence electrons. The van der Waals surface area contributed by atoms with Crippen LogP contribution in [-0.2, 0) is 15.5 Å². The van der Waals surface area contributed by atoms with E-state index in [0.29, 0.717) is 4.47 Å². The summed E-state index contributed by atoms with van der Waals surface area (Å²) >= 11 is 9.59. The first kappa shape index (κ1) is 18.3. The van der Waals surface area contributed by atoms with Crippen molar-refractivity contribution in [1.82, 2.24) is 0 Å². The molecule has 2 rings (SSSR count). The predicted octanol–water partition coefficient (Wildman–Crippen LogP) is 5.48. The minimum Gasteiger partial charge on any atom is -0.376 e. The van der Waals surface area contributed by atoms with Crippen LogP contribution in [0.1, 0.15) is 31.9 Å². The van der Waals surface area contributed by atoms with Crippen molar-refractivity contribution in [3.8, 4) is 5.75 Å². The molecule has 23 heavy (non-hydrogen) atoms. The van der Waals surface area contributed by atoms with Gasteiger partial charge in [0, 0.05) is 0 Å². The van der Waals surface area contributed by atoms with Gasteiger partial charge in [0.25, 0.3) is 0 Å². The first-order valence-electron chi connectivity index (χ1n) is 7.01. The van der Waals surface area contributed by atoms with Crippen molar-refractivity contribution in [2.75, 3.05) is 0 Å². The van der Waals surface area contributed by atoms with E-state index in [9.17, 15) is 8.42 Å². The third-order valence-electron chi connectivity index (χ3n) is 3.37. The van der Waals surface area contributed by atoms with Crippen molar-refractivity contribution in [2.45, 2.75) is 38.0 Å². The third-order valence-corrected chi connectivity index (χ3v) is 5.47. The molecule has 0 saturated carbocycles. The maximum Gasteiger partial charge on any atom is 0.339 e. The molecular formula is C17H18BrClO3S. The van der Waals surface area contributed by atoms with E-state index in [1.54, 1.807) is 18.2 Å². The summed E-state index contributed by atoms with van der Waals surface area (Å²) < 4.78 is 30.6. The van der Waals surface area contributed by atoms with Crippen molar-refractivity contribution in [3.05, 3.63) is 57.0 Å². The Morgan fingerprint density at radius 3 is 2.13 bits per heavy atom. The lowest BCUT2D eigenvalue weighted by Crippen LogP contribution is -2.13. The summed E-state index contributed by atoms with van der Waals surface area (Å²) in [5.74, 6) is 0.0974. The van der Waals surface area contributed by atoms with E-state index < -0.39 is 10.1 Å². The smallest absolute Gasteiger partial charge is 0.339 e. The van der Waals surface area contributed by atoms with E-state index >= 15 is 0 Å². The highest BCUT2D eigenvalue weighted by atomic mass is 79.9. The van der Waals surface area contributed by atoms with Crippen LogP contribution in [0.2, 0.25) is 5.02 Å². The Morgan fingerprint density at radius 1 is 1.09 bits per heavy atom. The lowest BCUT2D eigenvalue weighted by atomic mass is 9.87. The quantitative estimate of drug-likeness (QED) is 0.621. The summed E-state index contributed by atoms with van der Waals surface area (Å²) in [5.41, 5.74) is 1.84. The van der Waals surface area contributed by atoms with Crippen molar-refractivity contribution in [1.29, 1.82) is 0 Å².